The van der Waals surface area contributed by atoms with Crippen LogP contribution in [0.15, 0.2) is 0 Å². The number of carboxylic acid groups (broad SMARTS) is 1. The Bertz CT molecular complexity index is 189. The van der Waals surface area contributed by atoms with Crippen molar-refractivity contribution in [2.45, 2.75) is 39.7 Å². The van der Waals surface area contributed by atoms with E-state index in [4.69, 9.17) is 5.11 Å². The Morgan fingerprint density at radius 3 is 2.23 bits per heavy atom. The van der Waals surface area contributed by atoms with E-state index in [1.807, 2.05) is 20.8 Å². The van der Waals surface area contributed by atoms with Crippen molar-refractivity contribution in [3.8, 4) is 0 Å². The molecule has 0 fully saturated rings. The molecular weight excluding hydrogens is 170 g/mol. The van der Waals surface area contributed by atoms with Crippen molar-refractivity contribution in [1.29, 1.82) is 0 Å². The molecule has 0 unspecified atom stereocenters. The lowest BCUT2D eigenvalue weighted by Gasteiger charge is -2.25. The largest absolute Gasteiger partial charge is 0.481 e. The van der Waals surface area contributed by atoms with Crippen molar-refractivity contribution in [1.82, 2.24) is 4.90 Å². The van der Waals surface area contributed by atoms with Crippen LogP contribution in [0, 0.1) is 0 Å². The molecule has 0 aromatic rings. The van der Waals surface area contributed by atoms with Crippen LogP contribution in [0.2, 0.25) is 0 Å². The zero-order valence-corrected chi connectivity index (χ0v) is 8.41. The maximum atomic E-state index is 11.3. The summed E-state index contributed by atoms with van der Waals surface area (Å²) in [5.41, 5.74) is 0. The smallest absolute Gasteiger partial charge is 0.312 e. The minimum atomic E-state index is -1.06. The van der Waals surface area contributed by atoms with Gasteiger partial charge >= 0.3 is 5.97 Å². The van der Waals surface area contributed by atoms with Crippen LogP contribution < -0.4 is 0 Å². The van der Waals surface area contributed by atoms with Gasteiger partial charge < -0.3 is 10.0 Å². The Hall–Kier alpha value is -1.06. The first-order valence-corrected chi connectivity index (χ1v) is 4.50. The number of amides is 1. The van der Waals surface area contributed by atoms with Crippen molar-refractivity contribution in [2.75, 3.05) is 6.54 Å². The van der Waals surface area contributed by atoms with Gasteiger partial charge in [-0.25, -0.2) is 0 Å². The number of hydrogen-bond acceptors (Lipinski definition) is 2. The molecule has 0 rings (SSSR count). The van der Waals surface area contributed by atoms with E-state index in [0.29, 0.717) is 6.54 Å². The molecule has 0 heterocycles. The summed E-state index contributed by atoms with van der Waals surface area (Å²) < 4.78 is 0. The van der Waals surface area contributed by atoms with Crippen molar-refractivity contribution < 1.29 is 14.7 Å². The lowest BCUT2D eigenvalue weighted by atomic mass is 10.2. The normalized spacial score (nSPS) is 10.2. The molecule has 0 aromatic heterocycles. The first kappa shape index (κ1) is 11.9. The third-order valence-corrected chi connectivity index (χ3v) is 1.71. The molecule has 0 aliphatic heterocycles. The molecule has 0 saturated heterocycles. The van der Waals surface area contributed by atoms with Gasteiger partial charge in [0, 0.05) is 12.6 Å². The molecule has 0 aromatic carbocycles. The highest BCUT2D eigenvalue weighted by Gasteiger charge is 2.18. The fourth-order valence-corrected chi connectivity index (χ4v) is 1.14. The SMILES string of the molecule is CCCN(C(=O)CC(=O)O)C(C)C. The number of hydrogen-bond donors (Lipinski definition) is 1. The molecule has 0 aliphatic carbocycles. The van der Waals surface area contributed by atoms with Gasteiger partial charge in [-0.05, 0) is 20.3 Å². The first-order chi connectivity index (χ1) is 5.99. The van der Waals surface area contributed by atoms with Gasteiger partial charge in [-0.2, -0.15) is 0 Å². The zero-order chi connectivity index (χ0) is 10.4. The summed E-state index contributed by atoms with van der Waals surface area (Å²) in [7, 11) is 0. The van der Waals surface area contributed by atoms with Crippen LogP contribution in [-0.2, 0) is 9.59 Å². The number of carbonyl (C=O) groups excluding carboxylic acids is 1. The maximum Gasteiger partial charge on any atom is 0.312 e. The van der Waals surface area contributed by atoms with Crippen LogP contribution in [0.25, 0.3) is 0 Å². The maximum absolute atomic E-state index is 11.3. The molecular formula is C9H17NO3. The highest BCUT2D eigenvalue weighted by atomic mass is 16.4. The topological polar surface area (TPSA) is 57.6 Å². The lowest BCUT2D eigenvalue weighted by Crippen LogP contribution is -2.38. The second-order valence-corrected chi connectivity index (χ2v) is 3.25. The van der Waals surface area contributed by atoms with Crippen LogP contribution in [0.5, 0.6) is 0 Å². The van der Waals surface area contributed by atoms with Crippen LogP contribution in [0.4, 0.5) is 0 Å². The Morgan fingerprint density at radius 1 is 1.38 bits per heavy atom. The van der Waals surface area contributed by atoms with Gasteiger partial charge in [0.15, 0.2) is 0 Å². The molecule has 1 N–H and O–H groups in total. The van der Waals surface area contributed by atoms with Gasteiger partial charge in [-0.1, -0.05) is 6.92 Å². The number of carboxylic acids is 1. The van der Waals surface area contributed by atoms with E-state index in [2.05, 4.69) is 0 Å². The van der Waals surface area contributed by atoms with Crippen molar-refractivity contribution in [2.24, 2.45) is 0 Å². The summed E-state index contributed by atoms with van der Waals surface area (Å²) in [6.07, 6.45) is 0.446. The molecule has 4 heteroatoms. The molecule has 76 valence electrons. The number of nitrogens with zero attached hydrogens (tertiary/aromatic N) is 1. The molecule has 0 atom stereocenters. The third kappa shape index (κ3) is 4.50. The van der Waals surface area contributed by atoms with E-state index in [0.717, 1.165) is 6.42 Å². The van der Waals surface area contributed by atoms with Crippen LogP contribution in [0.3, 0.4) is 0 Å². The van der Waals surface area contributed by atoms with E-state index in [-0.39, 0.29) is 11.9 Å². The summed E-state index contributed by atoms with van der Waals surface area (Å²) in [4.78, 5) is 23.2. The molecule has 1 amide bonds. The van der Waals surface area contributed by atoms with E-state index in [1.165, 1.54) is 0 Å². The van der Waals surface area contributed by atoms with Gasteiger partial charge in [-0.3, -0.25) is 9.59 Å². The van der Waals surface area contributed by atoms with Gasteiger partial charge in [0.1, 0.15) is 6.42 Å². The standard InChI is InChI=1S/C9H17NO3/c1-4-5-10(7(2)3)8(11)6-9(12)13/h7H,4-6H2,1-3H3,(H,12,13). The van der Waals surface area contributed by atoms with Crippen molar-refractivity contribution >= 4 is 11.9 Å². The van der Waals surface area contributed by atoms with Crippen molar-refractivity contribution in [3.63, 3.8) is 0 Å². The number of aliphatic carboxylic acids is 1. The fraction of sp³-hybridized carbons (Fsp3) is 0.778. The summed E-state index contributed by atoms with van der Waals surface area (Å²) in [6, 6.07) is 0.0757. The van der Waals surface area contributed by atoms with Gasteiger partial charge in [0.2, 0.25) is 5.91 Å². The Balaban J connectivity index is 4.19. The second-order valence-electron chi connectivity index (χ2n) is 3.25. The first-order valence-electron chi connectivity index (χ1n) is 4.50. The molecule has 0 radical (unpaired) electrons. The summed E-state index contributed by atoms with van der Waals surface area (Å²) in [5, 5.41) is 8.44. The average molecular weight is 187 g/mol. The predicted octanol–water partition coefficient (Wildman–Crippen LogP) is 1.11. The second kappa shape index (κ2) is 5.56. The van der Waals surface area contributed by atoms with E-state index in [9.17, 15) is 9.59 Å². The van der Waals surface area contributed by atoms with Gasteiger partial charge in [-0.15, -0.1) is 0 Å². The Labute approximate surface area is 78.5 Å². The molecule has 0 spiro atoms. The summed E-state index contributed by atoms with van der Waals surface area (Å²) >= 11 is 0. The highest BCUT2D eigenvalue weighted by Crippen LogP contribution is 2.02. The van der Waals surface area contributed by atoms with Crippen LogP contribution in [0.1, 0.15) is 33.6 Å². The van der Waals surface area contributed by atoms with Crippen LogP contribution in [-0.4, -0.2) is 34.5 Å². The van der Waals surface area contributed by atoms with Gasteiger partial charge in [0.05, 0.1) is 0 Å². The quantitative estimate of drug-likeness (QED) is 0.656. The zero-order valence-electron chi connectivity index (χ0n) is 8.41. The highest BCUT2D eigenvalue weighted by molar-refractivity contribution is 5.93. The minimum absolute atomic E-state index is 0.0757. The molecule has 0 aliphatic rings. The van der Waals surface area contributed by atoms with E-state index < -0.39 is 12.4 Å². The lowest BCUT2D eigenvalue weighted by molar-refractivity contribution is -0.145. The Morgan fingerprint density at radius 2 is 1.92 bits per heavy atom. The summed E-state index contributed by atoms with van der Waals surface area (Å²) in [6.45, 7) is 6.36. The number of rotatable bonds is 5. The average Bonchev–Trinajstić information content (AvgIpc) is 1.97. The van der Waals surface area contributed by atoms with Gasteiger partial charge in [0.25, 0.3) is 0 Å². The van der Waals surface area contributed by atoms with Crippen LogP contribution >= 0.6 is 0 Å². The molecule has 0 saturated carbocycles. The fourth-order valence-electron chi connectivity index (χ4n) is 1.14. The molecule has 13 heavy (non-hydrogen) atoms. The minimum Gasteiger partial charge on any atom is -0.481 e. The Kier molecular flexibility index (Phi) is 5.11. The monoisotopic (exact) mass is 187 g/mol. The predicted molar refractivity (Wildman–Crippen MR) is 49.4 cm³/mol. The molecule has 4 nitrogen and oxygen atoms in total. The van der Waals surface area contributed by atoms with E-state index >= 15 is 0 Å². The van der Waals surface area contributed by atoms with Crippen molar-refractivity contribution in [3.05, 3.63) is 0 Å². The third-order valence-electron chi connectivity index (χ3n) is 1.71. The summed E-state index contributed by atoms with van der Waals surface area (Å²) in [5.74, 6) is -1.36. The number of carbonyl (C=O) groups is 2. The molecule has 0 bridgehead atoms. The van der Waals surface area contributed by atoms with E-state index in [1.54, 1.807) is 4.90 Å².